The van der Waals surface area contributed by atoms with Crippen LogP contribution in [-0.2, 0) is 22.7 Å². The summed E-state index contributed by atoms with van der Waals surface area (Å²) in [4.78, 5) is 33.5. The molecule has 0 saturated heterocycles. The van der Waals surface area contributed by atoms with E-state index >= 15 is 0 Å². The summed E-state index contributed by atoms with van der Waals surface area (Å²) in [5.74, 6) is -0.371. The highest BCUT2D eigenvalue weighted by Gasteiger charge is 2.10. The summed E-state index contributed by atoms with van der Waals surface area (Å²) < 4.78 is 6.84. The largest absolute Gasteiger partial charge is 0.461 e. The summed E-state index contributed by atoms with van der Waals surface area (Å²) in [5.41, 5.74) is 3.16. The number of benzene rings is 2. The normalized spacial score (nSPS) is 11.0. The van der Waals surface area contributed by atoms with Gasteiger partial charge in [0.15, 0.2) is 0 Å². The van der Waals surface area contributed by atoms with E-state index < -0.39 is 0 Å². The molecule has 2 heterocycles. The van der Waals surface area contributed by atoms with E-state index in [1.807, 2.05) is 49.4 Å². The molecule has 4 aromatic rings. The van der Waals surface area contributed by atoms with Gasteiger partial charge >= 0.3 is 5.97 Å². The number of esters is 1. The minimum atomic E-state index is -0.371. The van der Waals surface area contributed by atoms with Gasteiger partial charge in [-0.05, 0) is 24.6 Å². The highest BCUT2D eigenvalue weighted by Crippen LogP contribution is 2.17. The molecular weight excluding hydrogens is 354 g/mol. The number of rotatable bonds is 5. The maximum atomic E-state index is 12.6. The van der Waals surface area contributed by atoms with Crippen LogP contribution in [0.1, 0.15) is 17.5 Å². The second kappa shape index (κ2) is 7.60. The molecule has 0 atom stereocenters. The second-order valence-electron chi connectivity index (χ2n) is 6.62. The monoisotopic (exact) mass is 373 g/mol. The molecule has 0 N–H and O–H groups in total. The molecule has 0 bridgehead atoms. The first-order chi connectivity index (χ1) is 13.6. The molecule has 0 saturated carbocycles. The number of hydrogen-bond acceptors (Lipinski definition) is 5. The maximum absolute atomic E-state index is 12.6. The van der Waals surface area contributed by atoms with E-state index in [0.717, 1.165) is 22.0 Å². The highest BCUT2D eigenvalue weighted by molar-refractivity contribution is 5.82. The van der Waals surface area contributed by atoms with Crippen molar-refractivity contribution in [1.82, 2.24) is 14.5 Å². The zero-order valence-electron chi connectivity index (χ0n) is 15.5. The van der Waals surface area contributed by atoms with Crippen LogP contribution in [0.2, 0.25) is 0 Å². The SMILES string of the molecule is Cc1cccc2c(=O)n(CCC(=O)OCc3cccc4cccnc34)cnc12. The summed E-state index contributed by atoms with van der Waals surface area (Å²) in [6.07, 6.45) is 3.30. The quantitative estimate of drug-likeness (QED) is 0.501. The summed E-state index contributed by atoms with van der Waals surface area (Å²) in [6.45, 7) is 2.29. The third kappa shape index (κ3) is 3.49. The molecule has 4 rings (SSSR count). The fourth-order valence-electron chi connectivity index (χ4n) is 3.22. The maximum Gasteiger partial charge on any atom is 0.307 e. The van der Waals surface area contributed by atoms with Gasteiger partial charge < -0.3 is 4.74 Å². The molecule has 28 heavy (non-hydrogen) atoms. The molecule has 0 unspecified atom stereocenters. The van der Waals surface area contributed by atoms with E-state index in [0.29, 0.717) is 10.9 Å². The van der Waals surface area contributed by atoms with E-state index in [1.165, 1.54) is 10.9 Å². The van der Waals surface area contributed by atoms with Crippen molar-refractivity contribution in [2.24, 2.45) is 0 Å². The number of carbonyl (C=O) groups is 1. The Labute approximate surface area is 161 Å². The van der Waals surface area contributed by atoms with Gasteiger partial charge in [0.2, 0.25) is 0 Å². The minimum absolute atomic E-state index is 0.0943. The smallest absolute Gasteiger partial charge is 0.307 e. The van der Waals surface area contributed by atoms with E-state index in [9.17, 15) is 9.59 Å². The summed E-state index contributed by atoms with van der Waals surface area (Å²) >= 11 is 0. The van der Waals surface area contributed by atoms with Crippen molar-refractivity contribution in [2.45, 2.75) is 26.5 Å². The zero-order chi connectivity index (χ0) is 19.5. The average Bonchev–Trinajstić information content (AvgIpc) is 2.72. The average molecular weight is 373 g/mol. The first-order valence-electron chi connectivity index (χ1n) is 9.06. The molecule has 0 spiro atoms. The van der Waals surface area contributed by atoms with Gasteiger partial charge in [-0.15, -0.1) is 0 Å². The van der Waals surface area contributed by atoms with Crippen LogP contribution in [0.25, 0.3) is 21.8 Å². The third-order valence-electron chi connectivity index (χ3n) is 4.72. The topological polar surface area (TPSA) is 74.1 Å². The third-order valence-corrected chi connectivity index (χ3v) is 4.72. The summed E-state index contributed by atoms with van der Waals surface area (Å²) in [5, 5.41) is 1.55. The molecule has 0 aliphatic carbocycles. The van der Waals surface area contributed by atoms with Gasteiger partial charge in [-0.2, -0.15) is 0 Å². The van der Waals surface area contributed by atoms with E-state index in [1.54, 1.807) is 12.3 Å². The lowest BCUT2D eigenvalue weighted by Crippen LogP contribution is -2.22. The Morgan fingerprint density at radius 2 is 1.86 bits per heavy atom. The molecule has 0 aliphatic rings. The van der Waals surface area contributed by atoms with Crippen LogP contribution < -0.4 is 5.56 Å². The predicted octanol–water partition coefficient (Wildman–Crippen LogP) is 3.39. The lowest BCUT2D eigenvalue weighted by molar-refractivity contribution is -0.145. The van der Waals surface area contributed by atoms with Crippen LogP contribution in [0.4, 0.5) is 0 Å². The van der Waals surface area contributed by atoms with Gasteiger partial charge in [-0.25, -0.2) is 4.98 Å². The van der Waals surface area contributed by atoms with Crippen molar-refractivity contribution in [3.63, 3.8) is 0 Å². The summed E-state index contributed by atoms with van der Waals surface area (Å²) in [6, 6.07) is 15.1. The Morgan fingerprint density at radius 3 is 2.75 bits per heavy atom. The number of nitrogens with zero attached hydrogens (tertiary/aromatic N) is 3. The molecule has 0 radical (unpaired) electrons. The number of pyridine rings is 1. The number of carbonyl (C=O) groups excluding carboxylic acids is 1. The predicted molar refractivity (Wildman–Crippen MR) is 107 cm³/mol. The Bertz CT molecular complexity index is 1230. The van der Waals surface area contributed by atoms with Crippen LogP contribution >= 0.6 is 0 Å². The molecule has 6 heteroatoms. The van der Waals surface area contributed by atoms with Crippen LogP contribution in [0.5, 0.6) is 0 Å². The van der Waals surface area contributed by atoms with E-state index in [4.69, 9.17) is 4.74 Å². The fraction of sp³-hybridized carbons (Fsp3) is 0.182. The van der Waals surface area contributed by atoms with Gasteiger partial charge in [0.05, 0.1) is 29.2 Å². The summed E-state index contributed by atoms with van der Waals surface area (Å²) in [7, 11) is 0. The van der Waals surface area contributed by atoms with Crippen molar-refractivity contribution in [1.29, 1.82) is 0 Å². The molecule has 2 aromatic heterocycles. The highest BCUT2D eigenvalue weighted by atomic mass is 16.5. The van der Waals surface area contributed by atoms with Crippen molar-refractivity contribution in [3.8, 4) is 0 Å². The van der Waals surface area contributed by atoms with Crippen LogP contribution in [0, 0.1) is 6.92 Å². The van der Waals surface area contributed by atoms with Crippen molar-refractivity contribution in [3.05, 3.63) is 82.5 Å². The first kappa shape index (κ1) is 17.9. The van der Waals surface area contributed by atoms with Crippen molar-refractivity contribution < 1.29 is 9.53 Å². The number of ether oxygens (including phenoxy) is 1. The Hall–Kier alpha value is -3.54. The molecule has 140 valence electrons. The van der Waals surface area contributed by atoms with Gasteiger partial charge in [0.1, 0.15) is 6.61 Å². The molecular formula is C22H19N3O3. The Kier molecular flexibility index (Phi) is 4.85. The lowest BCUT2D eigenvalue weighted by atomic mass is 10.1. The zero-order valence-corrected chi connectivity index (χ0v) is 15.5. The minimum Gasteiger partial charge on any atom is -0.461 e. The molecule has 6 nitrogen and oxygen atoms in total. The van der Waals surface area contributed by atoms with Gasteiger partial charge in [-0.3, -0.25) is 19.1 Å². The number of para-hydroxylation sites is 2. The second-order valence-corrected chi connectivity index (χ2v) is 6.62. The number of fused-ring (bicyclic) bond motifs is 2. The van der Waals surface area contributed by atoms with Gasteiger partial charge in [-0.1, -0.05) is 36.4 Å². The van der Waals surface area contributed by atoms with Crippen LogP contribution in [-0.4, -0.2) is 20.5 Å². The Morgan fingerprint density at radius 1 is 1.04 bits per heavy atom. The Balaban J connectivity index is 1.43. The molecule has 0 amide bonds. The standard InChI is InChI=1S/C22H19N3O3/c1-15-5-2-9-18-20(15)24-14-25(22(18)27)12-10-19(26)28-13-17-7-3-6-16-8-4-11-23-21(16)17/h2-9,11,14H,10,12-13H2,1H3. The van der Waals surface area contributed by atoms with Gasteiger partial charge in [0, 0.05) is 23.7 Å². The van der Waals surface area contributed by atoms with Crippen molar-refractivity contribution >= 4 is 27.8 Å². The van der Waals surface area contributed by atoms with Gasteiger partial charge in [0.25, 0.3) is 5.56 Å². The molecule has 0 fully saturated rings. The molecule has 0 aliphatic heterocycles. The van der Waals surface area contributed by atoms with Crippen LogP contribution in [0.3, 0.4) is 0 Å². The number of aryl methyl sites for hydroxylation is 2. The number of aromatic nitrogens is 3. The van der Waals surface area contributed by atoms with Crippen LogP contribution in [0.15, 0.2) is 65.8 Å². The first-order valence-corrected chi connectivity index (χ1v) is 9.06. The lowest BCUT2D eigenvalue weighted by Gasteiger charge is -2.09. The van der Waals surface area contributed by atoms with E-state index in [-0.39, 0.29) is 31.1 Å². The fourth-order valence-corrected chi connectivity index (χ4v) is 3.22. The van der Waals surface area contributed by atoms with Crippen molar-refractivity contribution in [2.75, 3.05) is 0 Å². The molecule has 2 aromatic carbocycles. The number of hydrogen-bond donors (Lipinski definition) is 0. The van der Waals surface area contributed by atoms with E-state index in [2.05, 4.69) is 9.97 Å².